The van der Waals surface area contributed by atoms with Crippen LogP contribution < -0.4 is 0 Å². The van der Waals surface area contributed by atoms with Gasteiger partial charge in [-0.25, -0.2) is 4.79 Å². The van der Waals surface area contributed by atoms with Gasteiger partial charge in [0, 0.05) is 18.8 Å². The molecule has 60 heavy (non-hydrogen) atoms. The smallest absolute Gasteiger partial charge is 0.335 e. The monoisotopic (exact) mass is 852 g/mol. The Bertz CT molecular complexity index is 1720. The number of carbonyl (C=O) groups excluding carboxylic acids is 1. The second-order valence-corrected chi connectivity index (χ2v) is 21.3. The number of carbonyl (C=O) groups is 3. The lowest BCUT2D eigenvalue weighted by Crippen LogP contribution is -2.67. The molecule has 8 N–H and O–H groups in total. The van der Waals surface area contributed by atoms with E-state index >= 15 is 0 Å². The Balaban J connectivity index is 1.16. The van der Waals surface area contributed by atoms with Crippen LogP contribution in [0.1, 0.15) is 113 Å². The van der Waals surface area contributed by atoms with Crippen LogP contribution in [0.5, 0.6) is 0 Å². The number of carboxylic acid groups (broad SMARTS) is 2. The number of fused-ring (bicyclic) bond motifs is 7. The Hall–Kier alpha value is -2.25. The van der Waals surface area contributed by atoms with E-state index in [4.69, 9.17) is 23.7 Å². The highest BCUT2D eigenvalue weighted by Gasteiger charge is 2.70. The van der Waals surface area contributed by atoms with E-state index in [2.05, 4.69) is 47.6 Å². The number of hydrogen-bond acceptors (Lipinski definition) is 14. The molecule has 5 aliphatic carbocycles. The molecule has 16 nitrogen and oxygen atoms in total. The maximum atomic E-state index is 12.8. The van der Waals surface area contributed by atoms with E-state index in [1.807, 2.05) is 0 Å². The summed E-state index contributed by atoms with van der Waals surface area (Å²) in [6.45, 7) is 16.0. The maximum Gasteiger partial charge on any atom is 0.335 e. The molecular weight excluding hydrogens is 784 g/mol. The molecule has 0 radical (unpaired) electrons. The van der Waals surface area contributed by atoms with Gasteiger partial charge in [-0.3, -0.25) is 9.59 Å². The fourth-order valence-corrected chi connectivity index (χ4v) is 14.0. The van der Waals surface area contributed by atoms with Crippen molar-refractivity contribution in [2.24, 2.45) is 50.2 Å². The van der Waals surface area contributed by atoms with E-state index < -0.39 is 114 Å². The van der Waals surface area contributed by atoms with E-state index in [1.54, 1.807) is 6.92 Å². The molecule has 0 bridgehead atoms. The van der Waals surface area contributed by atoms with Crippen molar-refractivity contribution in [2.45, 2.75) is 187 Å². The number of aliphatic carboxylic acids is 2. The predicted molar refractivity (Wildman–Crippen MR) is 209 cm³/mol. The van der Waals surface area contributed by atoms with Crippen LogP contribution in [0, 0.1) is 50.2 Å². The fourth-order valence-electron chi connectivity index (χ4n) is 14.0. The van der Waals surface area contributed by atoms with Crippen LogP contribution in [0.3, 0.4) is 0 Å². The summed E-state index contributed by atoms with van der Waals surface area (Å²) in [5.74, 6) is -2.51. The van der Waals surface area contributed by atoms with E-state index in [0.29, 0.717) is 12.8 Å². The second kappa shape index (κ2) is 15.5. The van der Waals surface area contributed by atoms with Gasteiger partial charge in [0.05, 0.1) is 18.1 Å². The first-order valence-corrected chi connectivity index (χ1v) is 21.8. The minimum Gasteiger partial charge on any atom is -0.481 e. The highest BCUT2D eigenvalue weighted by atomic mass is 16.8. The van der Waals surface area contributed by atoms with Crippen molar-refractivity contribution in [2.75, 3.05) is 6.61 Å². The average Bonchev–Trinajstić information content (AvgIpc) is 3.16. The molecule has 4 saturated carbocycles. The van der Waals surface area contributed by atoms with Gasteiger partial charge < -0.3 is 64.5 Å². The third-order valence-electron chi connectivity index (χ3n) is 17.9. The molecule has 2 unspecified atom stereocenters. The minimum atomic E-state index is -1.96. The number of ether oxygens (including phenoxy) is 5. The molecule has 2 saturated heterocycles. The quantitative estimate of drug-likeness (QED) is 0.0992. The van der Waals surface area contributed by atoms with Crippen LogP contribution >= 0.6 is 0 Å². The van der Waals surface area contributed by atoms with Crippen LogP contribution in [0.15, 0.2) is 11.6 Å². The summed E-state index contributed by atoms with van der Waals surface area (Å²) in [5.41, 5.74) is -1.25. The molecule has 0 amide bonds. The van der Waals surface area contributed by atoms with Gasteiger partial charge in [-0.05, 0) is 97.7 Å². The predicted octanol–water partition coefficient (Wildman–Crippen LogP) is 2.52. The highest BCUT2D eigenvalue weighted by molar-refractivity contribution is 5.75. The average molecular weight is 853 g/mol. The van der Waals surface area contributed by atoms with Gasteiger partial charge in [0.1, 0.15) is 48.8 Å². The molecule has 0 aromatic rings. The minimum absolute atomic E-state index is 0.0727. The maximum absolute atomic E-state index is 12.8. The third kappa shape index (κ3) is 6.80. The molecule has 7 aliphatic rings. The number of rotatable bonds is 8. The van der Waals surface area contributed by atoms with Crippen molar-refractivity contribution in [1.82, 2.24) is 0 Å². The topological polar surface area (TPSA) is 259 Å². The molecule has 6 fully saturated rings. The third-order valence-corrected chi connectivity index (χ3v) is 17.9. The van der Waals surface area contributed by atoms with Crippen LogP contribution in [0.2, 0.25) is 0 Å². The number of aliphatic hydroxyl groups excluding tert-OH is 6. The molecule has 2 heterocycles. The van der Waals surface area contributed by atoms with Crippen LogP contribution in [-0.4, -0.2) is 139 Å². The lowest BCUT2D eigenvalue weighted by atomic mass is 9.33. The Morgan fingerprint density at radius 3 is 2.03 bits per heavy atom. The zero-order valence-electron chi connectivity index (χ0n) is 36.2. The zero-order valence-corrected chi connectivity index (χ0v) is 36.2. The van der Waals surface area contributed by atoms with Gasteiger partial charge in [-0.15, -0.1) is 0 Å². The first-order chi connectivity index (χ1) is 27.8. The molecule has 16 heteroatoms. The van der Waals surface area contributed by atoms with Crippen molar-refractivity contribution in [3.63, 3.8) is 0 Å². The number of aliphatic hydroxyl groups is 6. The van der Waals surface area contributed by atoms with Gasteiger partial charge in [0.2, 0.25) is 0 Å². The Labute approximate surface area is 351 Å². The van der Waals surface area contributed by atoms with Gasteiger partial charge in [0.25, 0.3) is 0 Å². The summed E-state index contributed by atoms with van der Waals surface area (Å²) in [4.78, 5) is 37.4. The zero-order chi connectivity index (χ0) is 44.3. The molecular formula is C44H68O16. The van der Waals surface area contributed by atoms with Gasteiger partial charge in [-0.2, -0.15) is 0 Å². The number of carboxylic acids is 2. The van der Waals surface area contributed by atoms with Gasteiger partial charge in [-0.1, -0.05) is 53.2 Å². The first-order valence-electron chi connectivity index (χ1n) is 21.8. The second-order valence-electron chi connectivity index (χ2n) is 21.3. The molecule has 0 aromatic heterocycles. The summed E-state index contributed by atoms with van der Waals surface area (Å²) in [6, 6.07) is 0. The summed E-state index contributed by atoms with van der Waals surface area (Å²) < 4.78 is 29.9. The molecule has 20 atom stereocenters. The highest BCUT2D eigenvalue weighted by Crippen LogP contribution is 2.76. The standard InChI is InChI=1S/C44H68O16/c1-20(46)56-27-18-40(4,38(54)55)17-22-21-9-10-25-42(6)13-12-26(39(2,3)24(42)11-14-44(25,8)43(21,7)16-15-41(22,27)5)58-37-34(31(50)30(49)33(59-37)35(52)53)60-36-32(51)29(48)28(47)23(19-45)57-36/h9,22-34,36-37,45,47-51H,10-19H2,1-8H3,(H,52,53)(H,54,55)/t22-,23+,24?,25?,26-,27+,28+,29-,30-,31-,32+,33-,34+,36-,37+,40+,41+,42-,43+,44+/m0/s1. The summed E-state index contributed by atoms with van der Waals surface area (Å²) in [6.07, 6.45) is -9.68. The van der Waals surface area contributed by atoms with E-state index in [-0.39, 0.29) is 40.4 Å². The molecule has 2 aliphatic heterocycles. The lowest BCUT2D eigenvalue weighted by Gasteiger charge is -2.71. The number of esters is 1. The first kappa shape index (κ1) is 45.8. The fraction of sp³-hybridized carbons (Fsp3) is 0.886. The number of hydrogen-bond donors (Lipinski definition) is 8. The van der Waals surface area contributed by atoms with Crippen molar-refractivity contribution < 1.29 is 78.9 Å². The summed E-state index contributed by atoms with van der Waals surface area (Å²) in [7, 11) is 0. The molecule has 0 spiro atoms. The lowest BCUT2D eigenvalue weighted by molar-refractivity contribution is -0.374. The van der Waals surface area contributed by atoms with Gasteiger partial charge in [0.15, 0.2) is 18.7 Å². The van der Waals surface area contributed by atoms with Crippen molar-refractivity contribution in [1.29, 1.82) is 0 Å². The Morgan fingerprint density at radius 2 is 1.42 bits per heavy atom. The van der Waals surface area contributed by atoms with Crippen LogP contribution in [0.4, 0.5) is 0 Å². The van der Waals surface area contributed by atoms with Crippen molar-refractivity contribution in [3.8, 4) is 0 Å². The molecule has 340 valence electrons. The molecule has 7 rings (SSSR count). The van der Waals surface area contributed by atoms with Gasteiger partial charge >= 0.3 is 17.9 Å². The summed E-state index contributed by atoms with van der Waals surface area (Å²) in [5, 5.41) is 83.7. The normalized spacial score (nSPS) is 52.4. The van der Waals surface area contributed by atoms with Crippen LogP contribution in [-0.2, 0) is 38.1 Å². The van der Waals surface area contributed by atoms with E-state index in [9.17, 15) is 55.2 Å². The largest absolute Gasteiger partial charge is 0.481 e. The number of allylic oxidation sites excluding steroid dienone is 2. The van der Waals surface area contributed by atoms with Crippen molar-refractivity contribution in [3.05, 3.63) is 11.6 Å². The SMILES string of the molecule is CC(=O)O[C@@H]1C[C@](C)(C(=O)O)C[C@H]2C3=CCC4[C@@]5(C)CC[C@H](O[C@@H]6O[C@H](C(=O)O)[C@@H](O)[C@H](O)[C@H]6O[C@@H]6O[C@H](CO)[C@@H](O)[C@H](O)[C@H]6O)C(C)(C)C5CC[C@@]4(C)[C@]3(C)CC[C@@]12C. The van der Waals surface area contributed by atoms with E-state index in [1.165, 1.54) is 12.5 Å². The summed E-state index contributed by atoms with van der Waals surface area (Å²) >= 11 is 0. The Morgan fingerprint density at radius 1 is 0.733 bits per heavy atom. The molecule has 0 aromatic carbocycles. The van der Waals surface area contributed by atoms with E-state index in [0.717, 1.165) is 38.5 Å². The van der Waals surface area contributed by atoms with Crippen LogP contribution in [0.25, 0.3) is 0 Å². The van der Waals surface area contributed by atoms with Crippen molar-refractivity contribution >= 4 is 17.9 Å². The Kier molecular flexibility index (Phi) is 11.8.